The van der Waals surface area contributed by atoms with Crippen molar-refractivity contribution in [2.45, 2.75) is 25.4 Å². The number of halogens is 2. The Morgan fingerprint density at radius 3 is 2.09 bits per heavy atom. The normalized spacial score (nSPS) is 21.1. The molecular weight excluding hydrogens is 470 g/mol. The molecule has 4 rings (SSSR count). The minimum atomic E-state index is -0.535. The Labute approximate surface area is 207 Å². The van der Waals surface area contributed by atoms with Gasteiger partial charge in [-0.15, -0.1) is 0 Å². The first kappa shape index (κ1) is 24.3. The maximum Gasteiger partial charge on any atom is 0.254 e. The molecule has 4 N–H and O–H groups in total. The van der Waals surface area contributed by atoms with E-state index in [1.54, 1.807) is 41.3 Å². The zero-order valence-electron chi connectivity index (χ0n) is 18.9. The Bertz CT molecular complexity index is 1250. The average molecular weight is 495 g/mol. The summed E-state index contributed by atoms with van der Waals surface area (Å²) in [5, 5.41) is 14.1. The number of hydrazone groups is 1. The van der Waals surface area contributed by atoms with Gasteiger partial charge in [-0.1, -0.05) is 31.2 Å². The van der Waals surface area contributed by atoms with E-state index in [4.69, 9.17) is 18.0 Å². The van der Waals surface area contributed by atoms with E-state index in [1.807, 2.05) is 6.92 Å². The largest absolute Gasteiger partial charge is 0.508 e. The van der Waals surface area contributed by atoms with Crippen molar-refractivity contribution in [1.29, 1.82) is 0 Å². The number of thiocarbonyl (C=S) groups is 1. The fourth-order valence-corrected chi connectivity index (χ4v) is 4.51. The number of rotatable bonds is 4. The van der Waals surface area contributed by atoms with Crippen LogP contribution in [0.4, 0.5) is 8.78 Å². The molecule has 1 heterocycles. The molecule has 1 aliphatic heterocycles. The number of amides is 1. The molecule has 0 bridgehead atoms. The maximum absolute atomic E-state index is 13.9. The van der Waals surface area contributed by atoms with Crippen LogP contribution in [0.3, 0.4) is 0 Å². The molecule has 3 unspecified atom stereocenters. The number of phenols is 1. The molecule has 3 atom stereocenters. The molecule has 0 aromatic heterocycles. The van der Waals surface area contributed by atoms with Gasteiger partial charge in [0.2, 0.25) is 0 Å². The molecule has 0 spiro atoms. The van der Waals surface area contributed by atoms with Crippen molar-refractivity contribution >= 4 is 28.9 Å². The number of carbonyl (C=O) groups excluding carboxylic acids is 1. The molecule has 1 aliphatic rings. The summed E-state index contributed by atoms with van der Waals surface area (Å²) < 4.78 is 27.5. The average Bonchev–Trinajstić information content (AvgIpc) is 2.84. The minimum absolute atomic E-state index is 0.00367. The fourth-order valence-electron chi connectivity index (χ4n) is 4.47. The van der Waals surface area contributed by atoms with E-state index < -0.39 is 23.7 Å². The molecule has 3 aromatic rings. The number of piperidine rings is 1. The SMILES string of the molecule is CC1/C(=N/NC(N)=S)CC(c2ccc(F)cc2)N(C(=O)c2ccc(O)cc2)C1c1ccc(F)cc1. The van der Waals surface area contributed by atoms with Crippen molar-refractivity contribution in [2.24, 2.45) is 16.8 Å². The number of likely N-dealkylation sites (tertiary alicyclic amines) is 1. The molecule has 3 aromatic carbocycles. The first-order valence-electron chi connectivity index (χ1n) is 11.0. The third kappa shape index (κ3) is 5.30. The number of nitrogens with one attached hydrogen (secondary N) is 1. The zero-order valence-corrected chi connectivity index (χ0v) is 19.7. The number of aromatic hydroxyl groups is 1. The van der Waals surface area contributed by atoms with Gasteiger partial charge >= 0.3 is 0 Å². The van der Waals surface area contributed by atoms with Gasteiger partial charge in [0.1, 0.15) is 17.4 Å². The lowest BCUT2D eigenvalue weighted by Gasteiger charge is -2.46. The third-order valence-corrected chi connectivity index (χ3v) is 6.25. The van der Waals surface area contributed by atoms with Crippen LogP contribution >= 0.6 is 12.2 Å². The summed E-state index contributed by atoms with van der Waals surface area (Å²) in [6.07, 6.45) is 0.337. The molecular formula is C26H24F2N4O2S. The van der Waals surface area contributed by atoms with Crippen molar-refractivity contribution in [3.05, 3.63) is 101 Å². The van der Waals surface area contributed by atoms with Gasteiger partial charge in [0.15, 0.2) is 5.11 Å². The van der Waals surface area contributed by atoms with Gasteiger partial charge < -0.3 is 15.7 Å². The van der Waals surface area contributed by atoms with Crippen molar-refractivity contribution in [3.63, 3.8) is 0 Å². The number of hydrogen-bond acceptors (Lipinski definition) is 4. The summed E-state index contributed by atoms with van der Waals surface area (Å²) in [5.41, 5.74) is 10.7. The molecule has 35 heavy (non-hydrogen) atoms. The topological polar surface area (TPSA) is 91.0 Å². The lowest BCUT2D eigenvalue weighted by molar-refractivity contribution is 0.0481. The molecule has 9 heteroatoms. The minimum Gasteiger partial charge on any atom is -0.508 e. The van der Waals surface area contributed by atoms with Gasteiger partial charge in [-0.25, -0.2) is 8.78 Å². The Hall–Kier alpha value is -3.85. The van der Waals surface area contributed by atoms with Crippen LogP contribution in [0.25, 0.3) is 0 Å². The second-order valence-electron chi connectivity index (χ2n) is 8.40. The summed E-state index contributed by atoms with van der Waals surface area (Å²) in [7, 11) is 0. The lowest BCUT2D eigenvalue weighted by Crippen LogP contribution is -2.48. The molecule has 0 aliphatic carbocycles. The predicted molar refractivity (Wildman–Crippen MR) is 134 cm³/mol. The van der Waals surface area contributed by atoms with Gasteiger partial charge in [-0.2, -0.15) is 5.10 Å². The number of benzene rings is 3. The van der Waals surface area contributed by atoms with Crippen LogP contribution in [-0.2, 0) is 0 Å². The molecule has 180 valence electrons. The molecule has 1 saturated heterocycles. The lowest BCUT2D eigenvalue weighted by atomic mass is 9.79. The number of phenolic OH excluding ortho intramolecular Hbond substituents is 1. The van der Waals surface area contributed by atoms with Crippen molar-refractivity contribution in [2.75, 3.05) is 0 Å². The highest BCUT2D eigenvalue weighted by Crippen LogP contribution is 2.44. The van der Waals surface area contributed by atoms with E-state index in [0.29, 0.717) is 28.8 Å². The quantitative estimate of drug-likeness (QED) is 0.357. The van der Waals surface area contributed by atoms with E-state index in [1.165, 1.54) is 36.4 Å². The Kier molecular flexibility index (Phi) is 7.07. The van der Waals surface area contributed by atoms with Crippen LogP contribution in [0.2, 0.25) is 0 Å². The summed E-state index contributed by atoms with van der Waals surface area (Å²) in [5.74, 6) is -1.33. The van der Waals surface area contributed by atoms with Crippen LogP contribution in [0.1, 0.15) is 46.9 Å². The predicted octanol–water partition coefficient (Wildman–Crippen LogP) is 4.82. The van der Waals surface area contributed by atoms with Gasteiger partial charge in [-0.3, -0.25) is 10.2 Å². The number of nitrogens with zero attached hydrogens (tertiary/aromatic N) is 2. The maximum atomic E-state index is 13.9. The highest BCUT2D eigenvalue weighted by molar-refractivity contribution is 7.80. The molecule has 1 amide bonds. The Morgan fingerprint density at radius 1 is 1.00 bits per heavy atom. The van der Waals surface area contributed by atoms with Gasteiger partial charge in [0.05, 0.1) is 12.1 Å². The van der Waals surface area contributed by atoms with Gasteiger partial charge in [-0.05, 0) is 71.9 Å². The van der Waals surface area contributed by atoms with E-state index in [2.05, 4.69) is 10.5 Å². The Balaban J connectivity index is 1.88. The van der Waals surface area contributed by atoms with Crippen LogP contribution in [0.5, 0.6) is 5.75 Å². The van der Waals surface area contributed by atoms with Crippen LogP contribution in [-0.4, -0.2) is 26.7 Å². The first-order valence-corrected chi connectivity index (χ1v) is 11.4. The van der Waals surface area contributed by atoms with Crippen molar-refractivity contribution < 1.29 is 18.7 Å². The van der Waals surface area contributed by atoms with Crippen LogP contribution in [0, 0.1) is 17.6 Å². The monoisotopic (exact) mass is 494 g/mol. The highest BCUT2D eigenvalue weighted by atomic mass is 32.1. The smallest absolute Gasteiger partial charge is 0.254 e. The first-order chi connectivity index (χ1) is 16.7. The van der Waals surface area contributed by atoms with Crippen LogP contribution < -0.4 is 11.2 Å². The van der Waals surface area contributed by atoms with Crippen LogP contribution in [0.15, 0.2) is 77.9 Å². The Morgan fingerprint density at radius 2 is 1.54 bits per heavy atom. The van der Waals surface area contributed by atoms with E-state index in [9.17, 15) is 18.7 Å². The summed E-state index contributed by atoms with van der Waals surface area (Å²) in [4.78, 5) is 15.7. The summed E-state index contributed by atoms with van der Waals surface area (Å²) in [6, 6.07) is 16.8. The van der Waals surface area contributed by atoms with E-state index >= 15 is 0 Å². The standard InChI is InChI=1S/C26H24F2N4O2S/c1-15-22(30-31-26(29)35)14-23(16-2-8-19(27)9-3-16)32(24(15)17-4-10-20(28)11-5-17)25(34)18-6-12-21(33)13-7-18/h2-13,15,23-24,33H,14H2,1H3,(H3,29,31,35)/b30-22+. The van der Waals surface area contributed by atoms with E-state index in [-0.39, 0.29) is 22.7 Å². The molecule has 1 fully saturated rings. The number of nitrogens with two attached hydrogens (primary N) is 1. The third-order valence-electron chi connectivity index (χ3n) is 6.16. The van der Waals surface area contributed by atoms with E-state index in [0.717, 1.165) is 0 Å². The molecule has 0 radical (unpaired) electrons. The molecule has 6 nitrogen and oxygen atoms in total. The van der Waals surface area contributed by atoms with Crippen molar-refractivity contribution in [3.8, 4) is 5.75 Å². The second-order valence-corrected chi connectivity index (χ2v) is 8.83. The number of carbonyl (C=O) groups is 1. The summed E-state index contributed by atoms with van der Waals surface area (Å²) >= 11 is 4.91. The zero-order chi connectivity index (χ0) is 25.1. The molecule has 0 saturated carbocycles. The fraction of sp³-hybridized carbons (Fsp3) is 0.192. The van der Waals surface area contributed by atoms with Gasteiger partial charge in [0, 0.05) is 23.6 Å². The van der Waals surface area contributed by atoms with Gasteiger partial charge in [0.25, 0.3) is 5.91 Å². The second kappa shape index (κ2) is 10.2. The summed E-state index contributed by atoms with van der Waals surface area (Å²) in [6.45, 7) is 1.92. The number of hydrogen-bond donors (Lipinski definition) is 3. The van der Waals surface area contributed by atoms with Crippen molar-refractivity contribution in [1.82, 2.24) is 10.3 Å². The highest BCUT2D eigenvalue weighted by Gasteiger charge is 2.43.